The first-order valence-corrected chi connectivity index (χ1v) is 8.87. The predicted molar refractivity (Wildman–Crippen MR) is 94.8 cm³/mol. The van der Waals surface area contributed by atoms with Crippen LogP contribution >= 0.6 is 0 Å². The fourth-order valence-electron chi connectivity index (χ4n) is 3.21. The first kappa shape index (κ1) is 18.5. The molecule has 2 atom stereocenters. The fraction of sp³-hybridized carbons (Fsp3) is 0.579. The van der Waals surface area contributed by atoms with E-state index in [4.69, 9.17) is 5.11 Å². The van der Waals surface area contributed by atoms with Gasteiger partial charge in [0.15, 0.2) is 0 Å². The lowest BCUT2D eigenvalue weighted by atomic mass is 10.0. The SMILES string of the molecule is CCc1ccccc1N1CC(C(=O)NCC(CC)CCO)CC1=O. The Morgan fingerprint density at radius 1 is 1.38 bits per heavy atom. The Hall–Kier alpha value is -1.88. The number of hydrogen-bond donors (Lipinski definition) is 2. The molecule has 1 aliphatic rings. The number of carbonyl (C=O) groups is 2. The third-order valence-electron chi connectivity index (χ3n) is 4.84. The van der Waals surface area contributed by atoms with Crippen molar-refractivity contribution in [3.8, 4) is 0 Å². The Labute approximate surface area is 144 Å². The zero-order chi connectivity index (χ0) is 17.5. The molecule has 1 aromatic carbocycles. The lowest BCUT2D eigenvalue weighted by Crippen LogP contribution is -2.36. The third kappa shape index (κ3) is 4.35. The number of para-hydroxylation sites is 1. The second-order valence-corrected chi connectivity index (χ2v) is 6.42. The van der Waals surface area contributed by atoms with Crippen molar-refractivity contribution in [2.24, 2.45) is 11.8 Å². The largest absolute Gasteiger partial charge is 0.396 e. The van der Waals surface area contributed by atoms with Crippen LogP contribution in [0.3, 0.4) is 0 Å². The summed E-state index contributed by atoms with van der Waals surface area (Å²) in [7, 11) is 0. The van der Waals surface area contributed by atoms with Gasteiger partial charge in [-0.15, -0.1) is 0 Å². The lowest BCUT2D eigenvalue weighted by molar-refractivity contribution is -0.126. The molecule has 1 heterocycles. The van der Waals surface area contributed by atoms with Crippen LogP contribution in [-0.2, 0) is 16.0 Å². The standard InChI is InChI=1S/C19H28N2O3/c1-3-14(9-10-22)12-20-19(24)16-11-18(23)21(13-16)17-8-6-5-7-15(17)4-2/h5-8,14,16,22H,3-4,9-13H2,1-2H3,(H,20,24). The normalized spacial score (nSPS) is 18.7. The van der Waals surface area contributed by atoms with Gasteiger partial charge in [0.25, 0.3) is 0 Å². The van der Waals surface area contributed by atoms with E-state index in [2.05, 4.69) is 19.2 Å². The third-order valence-corrected chi connectivity index (χ3v) is 4.84. The highest BCUT2D eigenvalue weighted by Crippen LogP contribution is 2.28. The van der Waals surface area contributed by atoms with Crippen LogP contribution < -0.4 is 10.2 Å². The van der Waals surface area contributed by atoms with Crippen LogP contribution in [0.25, 0.3) is 0 Å². The molecule has 5 nitrogen and oxygen atoms in total. The molecule has 5 heteroatoms. The molecular weight excluding hydrogens is 304 g/mol. The molecule has 0 radical (unpaired) electrons. The smallest absolute Gasteiger partial charge is 0.227 e. The number of anilines is 1. The predicted octanol–water partition coefficient (Wildman–Crippen LogP) is 2.13. The second kappa shape index (κ2) is 8.83. The maximum Gasteiger partial charge on any atom is 0.227 e. The topological polar surface area (TPSA) is 69.6 Å². The summed E-state index contributed by atoms with van der Waals surface area (Å²) in [6, 6.07) is 7.87. The van der Waals surface area contributed by atoms with Crippen LogP contribution in [0.5, 0.6) is 0 Å². The number of amides is 2. The molecule has 0 saturated carbocycles. The van der Waals surface area contributed by atoms with Gasteiger partial charge in [0, 0.05) is 31.8 Å². The van der Waals surface area contributed by atoms with Gasteiger partial charge in [-0.3, -0.25) is 9.59 Å². The molecule has 2 rings (SSSR count). The Balaban J connectivity index is 1.97. The van der Waals surface area contributed by atoms with E-state index in [0.29, 0.717) is 19.5 Å². The number of nitrogens with one attached hydrogen (secondary N) is 1. The molecule has 0 aromatic heterocycles. The van der Waals surface area contributed by atoms with E-state index in [0.717, 1.165) is 24.1 Å². The van der Waals surface area contributed by atoms with Crippen molar-refractivity contribution in [2.45, 2.75) is 39.5 Å². The van der Waals surface area contributed by atoms with Crippen molar-refractivity contribution in [1.29, 1.82) is 0 Å². The Kier molecular flexibility index (Phi) is 6.79. The zero-order valence-electron chi connectivity index (χ0n) is 14.6. The summed E-state index contributed by atoms with van der Waals surface area (Å²) >= 11 is 0. The Morgan fingerprint density at radius 3 is 2.79 bits per heavy atom. The van der Waals surface area contributed by atoms with Gasteiger partial charge < -0.3 is 15.3 Å². The molecule has 1 aliphatic heterocycles. The molecule has 0 spiro atoms. The van der Waals surface area contributed by atoms with Crippen molar-refractivity contribution in [1.82, 2.24) is 5.32 Å². The van der Waals surface area contributed by atoms with E-state index in [1.165, 1.54) is 0 Å². The van der Waals surface area contributed by atoms with Crippen molar-refractivity contribution in [3.63, 3.8) is 0 Å². The quantitative estimate of drug-likeness (QED) is 0.766. The first-order valence-electron chi connectivity index (χ1n) is 8.87. The average molecular weight is 332 g/mol. The molecule has 1 saturated heterocycles. The van der Waals surface area contributed by atoms with Crippen LogP contribution in [0.2, 0.25) is 0 Å². The van der Waals surface area contributed by atoms with Gasteiger partial charge in [-0.05, 0) is 30.4 Å². The van der Waals surface area contributed by atoms with Crippen molar-refractivity contribution in [2.75, 3.05) is 24.6 Å². The minimum atomic E-state index is -0.297. The van der Waals surface area contributed by atoms with Gasteiger partial charge >= 0.3 is 0 Å². The van der Waals surface area contributed by atoms with Crippen LogP contribution in [-0.4, -0.2) is 36.6 Å². The average Bonchev–Trinajstić information content (AvgIpc) is 2.99. The number of aryl methyl sites for hydroxylation is 1. The lowest BCUT2D eigenvalue weighted by Gasteiger charge is -2.20. The summed E-state index contributed by atoms with van der Waals surface area (Å²) in [5.74, 6) is -0.0586. The number of hydrogen-bond acceptors (Lipinski definition) is 3. The summed E-state index contributed by atoms with van der Waals surface area (Å²) in [6.45, 7) is 5.26. The summed E-state index contributed by atoms with van der Waals surface area (Å²) in [5.41, 5.74) is 2.05. The summed E-state index contributed by atoms with van der Waals surface area (Å²) in [5, 5.41) is 12.0. The van der Waals surface area contributed by atoms with Crippen LogP contribution in [0.15, 0.2) is 24.3 Å². The Morgan fingerprint density at radius 2 is 2.12 bits per heavy atom. The summed E-state index contributed by atoms with van der Waals surface area (Å²) < 4.78 is 0. The van der Waals surface area contributed by atoms with Crippen molar-refractivity contribution >= 4 is 17.5 Å². The van der Waals surface area contributed by atoms with Gasteiger partial charge in [-0.25, -0.2) is 0 Å². The fourth-order valence-corrected chi connectivity index (χ4v) is 3.21. The van der Waals surface area contributed by atoms with Gasteiger partial charge in [-0.1, -0.05) is 38.5 Å². The molecule has 1 aromatic rings. The van der Waals surface area contributed by atoms with Gasteiger partial charge in [0.05, 0.1) is 5.92 Å². The molecule has 2 N–H and O–H groups in total. The maximum absolute atomic E-state index is 12.4. The molecule has 2 unspecified atom stereocenters. The van der Waals surface area contributed by atoms with E-state index < -0.39 is 0 Å². The van der Waals surface area contributed by atoms with E-state index >= 15 is 0 Å². The van der Waals surface area contributed by atoms with Crippen molar-refractivity contribution < 1.29 is 14.7 Å². The highest BCUT2D eigenvalue weighted by Gasteiger charge is 2.35. The number of aliphatic hydroxyl groups excluding tert-OH is 1. The molecule has 132 valence electrons. The van der Waals surface area contributed by atoms with E-state index in [9.17, 15) is 9.59 Å². The highest BCUT2D eigenvalue weighted by atomic mass is 16.3. The Bertz CT molecular complexity index is 573. The summed E-state index contributed by atoms with van der Waals surface area (Å²) in [4.78, 5) is 26.5. The molecular formula is C19H28N2O3. The molecule has 0 aliphatic carbocycles. The van der Waals surface area contributed by atoms with Crippen LogP contribution in [0, 0.1) is 11.8 Å². The van der Waals surface area contributed by atoms with Gasteiger partial charge in [0.1, 0.15) is 0 Å². The maximum atomic E-state index is 12.4. The number of rotatable bonds is 8. The number of benzene rings is 1. The van der Waals surface area contributed by atoms with Crippen molar-refractivity contribution in [3.05, 3.63) is 29.8 Å². The van der Waals surface area contributed by atoms with E-state index in [1.54, 1.807) is 4.90 Å². The molecule has 1 fully saturated rings. The second-order valence-electron chi connectivity index (χ2n) is 6.42. The molecule has 2 amide bonds. The summed E-state index contributed by atoms with van der Waals surface area (Å²) in [6.07, 6.45) is 2.73. The highest BCUT2D eigenvalue weighted by molar-refractivity contribution is 6.00. The van der Waals surface area contributed by atoms with Gasteiger partial charge in [0.2, 0.25) is 11.8 Å². The zero-order valence-corrected chi connectivity index (χ0v) is 14.6. The molecule has 0 bridgehead atoms. The number of aliphatic hydroxyl groups is 1. The molecule has 24 heavy (non-hydrogen) atoms. The van der Waals surface area contributed by atoms with Crippen LogP contribution in [0.1, 0.15) is 38.7 Å². The minimum absolute atomic E-state index is 0.0125. The number of nitrogens with zero attached hydrogens (tertiary/aromatic N) is 1. The minimum Gasteiger partial charge on any atom is -0.396 e. The van der Waals surface area contributed by atoms with Crippen LogP contribution in [0.4, 0.5) is 5.69 Å². The first-order chi connectivity index (χ1) is 11.6. The van der Waals surface area contributed by atoms with E-state index in [-0.39, 0.29) is 36.7 Å². The number of carbonyl (C=O) groups excluding carboxylic acids is 2. The monoisotopic (exact) mass is 332 g/mol. The van der Waals surface area contributed by atoms with E-state index in [1.807, 2.05) is 24.3 Å². The van der Waals surface area contributed by atoms with Gasteiger partial charge in [-0.2, -0.15) is 0 Å².